The molecule has 0 aliphatic heterocycles. The first-order valence-corrected chi connectivity index (χ1v) is 8.40. The number of hydrazone groups is 1. The molecular weight excluding hydrogens is 360 g/mol. The van der Waals surface area contributed by atoms with Crippen LogP contribution in [0.25, 0.3) is 5.69 Å². The van der Waals surface area contributed by atoms with Gasteiger partial charge in [-0.3, -0.25) is 9.59 Å². The topological polar surface area (TPSA) is 94.8 Å². The molecule has 0 bridgehead atoms. The van der Waals surface area contributed by atoms with Gasteiger partial charge in [-0.05, 0) is 42.0 Å². The number of ether oxygens (including phenoxy) is 2. The fourth-order valence-electron chi connectivity index (χ4n) is 2.27. The van der Waals surface area contributed by atoms with Crippen LogP contribution in [0.1, 0.15) is 5.56 Å². The van der Waals surface area contributed by atoms with Gasteiger partial charge in [0.1, 0.15) is 5.75 Å². The normalized spacial score (nSPS) is 10.6. The number of para-hydroxylation sites is 1. The number of rotatable bonds is 7. The lowest BCUT2D eigenvalue weighted by atomic mass is 10.2. The standard InChI is InChI=1S/C20H18N4O4/c1-27-17-9-7-15(8-10-17)13-21-22-18(25)14-28-19-11-12-20(26)24(23-19)16-5-3-2-4-6-16/h2-13H,14H2,1H3,(H,22,25)/b21-13+. The van der Waals surface area contributed by atoms with Crippen molar-refractivity contribution in [1.29, 1.82) is 0 Å². The van der Waals surface area contributed by atoms with E-state index in [-0.39, 0.29) is 18.0 Å². The highest BCUT2D eigenvalue weighted by Gasteiger charge is 2.06. The predicted octanol–water partition coefficient (Wildman–Crippen LogP) is 1.77. The summed E-state index contributed by atoms with van der Waals surface area (Å²) in [5.41, 5.74) is 3.47. The van der Waals surface area contributed by atoms with Crippen molar-refractivity contribution in [1.82, 2.24) is 15.2 Å². The van der Waals surface area contributed by atoms with E-state index in [0.29, 0.717) is 5.69 Å². The second-order valence-electron chi connectivity index (χ2n) is 5.61. The van der Waals surface area contributed by atoms with Crippen LogP contribution >= 0.6 is 0 Å². The van der Waals surface area contributed by atoms with Crippen molar-refractivity contribution >= 4 is 12.1 Å². The number of carbonyl (C=O) groups is 1. The van der Waals surface area contributed by atoms with E-state index in [0.717, 1.165) is 11.3 Å². The Bertz CT molecular complexity index is 1010. The number of hydrogen-bond donors (Lipinski definition) is 1. The molecule has 8 heteroatoms. The van der Waals surface area contributed by atoms with E-state index in [1.165, 1.54) is 23.0 Å². The minimum atomic E-state index is -0.455. The molecule has 0 aliphatic carbocycles. The zero-order valence-electron chi connectivity index (χ0n) is 15.1. The third-order valence-electron chi connectivity index (χ3n) is 3.65. The van der Waals surface area contributed by atoms with Gasteiger partial charge in [-0.25, -0.2) is 5.43 Å². The molecule has 0 saturated carbocycles. The first kappa shape index (κ1) is 18.8. The summed E-state index contributed by atoms with van der Waals surface area (Å²) in [6, 6.07) is 18.9. The van der Waals surface area contributed by atoms with Gasteiger partial charge in [0.2, 0.25) is 5.88 Å². The van der Waals surface area contributed by atoms with Gasteiger partial charge in [0.25, 0.3) is 11.5 Å². The highest BCUT2D eigenvalue weighted by Crippen LogP contribution is 2.09. The van der Waals surface area contributed by atoms with Gasteiger partial charge in [-0.1, -0.05) is 18.2 Å². The Morgan fingerprint density at radius 1 is 1.11 bits per heavy atom. The molecule has 0 atom stereocenters. The third-order valence-corrected chi connectivity index (χ3v) is 3.65. The van der Waals surface area contributed by atoms with E-state index in [4.69, 9.17) is 9.47 Å². The van der Waals surface area contributed by atoms with Gasteiger partial charge in [0, 0.05) is 12.1 Å². The number of nitrogens with one attached hydrogen (secondary N) is 1. The Morgan fingerprint density at radius 3 is 2.57 bits per heavy atom. The van der Waals surface area contributed by atoms with Gasteiger partial charge in [-0.15, -0.1) is 5.10 Å². The second-order valence-corrected chi connectivity index (χ2v) is 5.61. The molecule has 3 aromatic rings. The Labute approximate surface area is 161 Å². The van der Waals surface area contributed by atoms with E-state index in [2.05, 4.69) is 15.6 Å². The fraction of sp³-hybridized carbons (Fsp3) is 0.100. The molecule has 3 rings (SSSR count). The van der Waals surface area contributed by atoms with Crippen molar-refractivity contribution in [3.8, 4) is 17.3 Å². The van der Waals surface area contributed by atoms with Crippen LogP contribution in [0.2, 0.25) is 0 Å². The van der Waals surface area contributed by atoms with E-state index < -0.39 is 5.91 Å². The summed E-state index contributed by atoms with van der Waals surface area (Å²) in [4.78, 5) is 23.8. The molecule has 2 aromatic carbocycles. The second kappa shape index (κ2) is 9.13. The average Bonchev–Trinajstić information content (AvgIpc) is 2.74. The first-order chi connectivity index (χ1) is 13.7. The molecule has 1 N–H and O–H groups in total. The van der Waals surface area contributed by atoms with Crippen LogP contribution in [0.3, 0.4) is 0 Å². The smallest absolute Gasteiger partial charge is 0.278 e. The minimum Gasteiger partial charge on any atom is -0.497 e. The molecule has 0 fully saturated rings. The number of benzene rings is 2. The lowest BCUT2D eigenvalue weighted by Crippen LogP contribution is -2.26. The number of aromatic nitrogens is 2. The van der Waals surface area contributed by atoms with Gasteiger partial charge in [-0.2, -0.15) is 9.78 Å². The van der Waals surface area contributed by atoms with E-state index in [1.54, 1.807) is 43.5 Å². The van der Waals surface area contributed by atoms with Crippen molar-refractivity contribution in [3.05, 3.63) is 82.6 Å². The number of methoxy groups -OCH3 is 1. The lowest BCUT2D eigenvalue weighted by molar-refractivity contribution is -0.123. The lowest BCUT2D eigenvalue weighted by Gasteiger charge is -2.07. The van der Waals surface area contributed by atoms with Crippen LogP contribution in [0.5, 0.6) is 11.6 Å². The zero-order chi connectivity index (χ0) is 19.8. The molecule has 1 amide bonds. The van der Waals surface area contributed by atoms with E-state index >= 15 is 0 Å². The Hall–Kier alpha value is -3.94. The molecule has 142 valence electrons. The molecule has 8 nitrogen and oxygen atoms in total. The molecule has 0 aliphatic rings. The van der Waals surface area contributed by atoms with Gasteiger partial charge in [0.15, 0.2) is 6.61 Å². The van der Waals surface area contributed by atoms with Gasteiger partial charge < -0.3 is 9.47 Å². The molecule has 0 unspecified atom stereocenters. The number of amides is 1. The summed E-state index contributed by atoms with van der Waals surface area (Å²) >= 11 is 0. The van der Waals surface area contributed by atoms with Crippen molar-refractivity contribution in [2.45, 2.75) is 0 Å². The fourth-order valence-corrected chi connectivity index (χ4v) is 2.27. The maximum atomic E-state index is 12.0. The summed E-state index contributed by atoms with van der Waals surface area (Å²) in [6.07, 6.45) is 1.51. The minimum absolute atomic E-state index is 0.151. The highest BCUT2D eigenvalue weighted by molar-refractivity contribution is 5.83. The van der Waals surface area contributed by atoms with Crippen LogP contribution in [0, 0.1) is 0 Å². The van der Waals surface area contributed by atoms with E-state index in [1.807, 2.05) is 18.2 Å². The van der Waals surface area contributed by atoms with Crippen molar-refractivity contribution < 1.29 is 14.3 Å². The van der Waals surface area contributed by atoms with Crippen LogP contribution in [0.15, 0.2) is 76.6 Å². The molecular formula is C20H18N4O4. The summed E-state index contributed by atoms with van der Waals surface area (Å²) in [5.74, 6) is 0.431. The summed E-state index contributed by atoms with van der Waals surface area (Å²) in [6.45, 7) is -0.292. The molecule has 0 saturated heterocycles. The van der Waals surface area contributed by atoms with Crippen LogP contribution < -0.4 is 20.5 Å². The van der Waals surface area contributed by atoms with Crippen molar-refractivity contribution in [3.63, 3.8) is 0 Å². The third kappa shape index (κ3) is 5.04. The van der Waals surface area contributed by atoms with Crippen LogP contribution in [0.4, 0.5) is 0 Å². The SMILES string of the molecule is COc1ccc(/C=N/NC(=O)COc2ccc(=O)n(-c3ccccc3)n2)cc1. The molecule has 0 spiro atoms. The quantitative estimate of drug-likeness (QED) is 0.499. The van der Waals surface area contributed by atoms with Crippen molar-refractivity contribution in [2.75, 3.05) is 13.7 Å². The Kier molecular flexibility index (Phi) is 6.14. The number of carbonyl (C=O) groups excluding carboxylic acids is 1. The monoisotopic (exact) mass is 378 g/mol. The maximum Gasteiger partial charge on any atom is 0.278 e. The number of hydrogen-bond acceptors (Lipinski definition) is 6. The largest absolute Gasteiger partial charge is 0.497 e. The molecule has 28 heavy (non-hydrogen) atoms. The zero-order valence-corrected chi connectivity index (χ0v) is 15.1. The first-order valence-electron chi connectivity index (χ1n) is 8.40. The van der Waals surface area contributed by atoms with Gasteiger partial charge >= 0.3 is 0 Å². The van der Waals surface area contributed by atoms with Crippen LogP contribution in [-0.2, 0) is 4.79 Å². The Balaban J connectivity index is 1.55. The van der Waals surface area contributed by atoms with E-state index in [9.17, 15) is 9.59 Å². The average molecular weight is 378 g/mol. The summed E-state index contributed by atoms with van der Waals surface area (Å²) in [7, 11) is 1.59. The highest BCUT2D eigenvalue weighted by atomic mass is 16.5. The molecule has 1 heterocycles. The summed E-state index contributed by atoms with van der Waals surface area (Å²) in [5, 5.41) is 7.98. The van der Waals surface area contributed by atoms with Gasteiger partial charge in [0.05, 0.1) is 19.0 Å². The summed E-state index contributed by atoms with van der Waals surface area (Å²) < 4.78 is 11.6. The van der Waals surface area contributed by atoms with Crippen LogP contribution in [-0.4, -0.2) is 35.6 Å². The Morgan fingerprint density at radius 2 is 1.86 bits per heavy atom. The van der Waals surface area contributed by atoms with Crippen molar-refractivity contribution in [2.24, 2.45) is 5.10 Å². The number of nitrogens with zero attached hydrogens (tertiary/aromatic N) is 3. The predicted molar refractivity (Wildman–Crippen MR) is 104 cm³/mol. The molecule has 0 radical (unpaired) electrons. The maximum absolute atomic E-state index is 12.0. The molecule has 1 aromatic heterocycles.